The number of carbonyl (C=O) groups is 1. The van der Waals surface area contributed by atoms with Crippen LogP contribution in [0.4, 0.5) is 4.39 Å². The van der Waals surface area contributed by atoms with Crippen LogP contribution < -0.4 is 5.32 Å². The van der Waals surface area contributed by atoms with Crippen LogP contribution >= 0.6 is 0 Å². The first-order valence-corrected chi connectivity index (χ1v) is 5.66. The van der Waals surface area contributed by atoms with Crippen molar-refractivity contribution in [2.45, 2.75) is 32.2 Å². The van der Waals surface area contributed by atoms with E-state index >= 15 is 0 Å². The van der Waals surface area contributed by atoms with E-state index in [1.165, 1.54) is 6.07 Å². The first-order valence-electron chi connectivity index (χ1n) is 5.66. The van der Waals surface area contributed by atoms with Gasteiger partial charge in [-0.15, -0.1) is 6.42 Å². The van der Waals surface area contributed by atoms with E-state index < -0.39 is 0 Å². The van der Waals surface area contributed by atoms with Gasteiger partial charge < -0.3 is 5.32 Å². The lowest BCUT2D eigenvalue weighted by atomic mass is 10.1. The molecule has 0 aliphatic carbocycles. The van der Waals surface area contributed by atoms with Crippen molar-refractivity contribution in [2.75, 3.05) is 0 Å². The van der Waals surface area contributed by atoms with E-state index in [9.17, 15) is 9.18 Å². The lowest BCUT2D eigenvalue weighted by molar-refractivity contribution is -0.120. The largest absolute Gasteiger partial charge is 0.342 e. The Morgan fingerprint density at radius 2 is 2.24 bits per heavy atom. The second-order valence-electron chi connectivity index (χ2n) is 3.84. The molecule has 0 radical (unpaired) electrons. The Bertz CT molecular complexity index is 422. The highest BCUT2D eigenvalue weighted by atomic mass is 19.1. The Morgan fingerprint density at radius 3 is 2.82 bits per heavy atom. The minimum atomic E-state index is -0.365. The number of hydrogen-bond acceptors (Lipinski definition) is 1. The van der Waals surface area contributed by atoms with E-state index in [-0.39, 0.29) is 24.2 Å². The quantitative estimate of drug-likeness (QED) is 0.777. The summed E-state index contributed by atoms with van der Waals surface area (Å²) in [6.45, 7) is 1.99. The Balaban J connectivity index is 2.56. The second-order valence-corrected chi connectivity index (χ2v) is 3.84. The van der Waals surface area contributed by atoms with E-state index in [0.29, 0.717) is 5.56 Å². The number of halogens is 1. The predicted molar refractivity (Wildman–Crippen MR) is 65.8 cm³/mol. The first-order chi connectivity index (χ1) is 8.17. The van der Waals surface area contributed by atoms with Crippen LogP contribution in [0.15, 0.2) is 24.3 Å². The third-order valence-corrected chi connectivity index (χ3v) is 2.42. The van der Waals surface area contributed by atoms with E-state index in [0.717, 1.165) is 12.8 Å². The van der Waals surface area contributed by atoms with Crippen molar-refractivity contribution in [3.05, 3.63) is 35.6 Å². The summed E-state index contributed by atoms with van der Waals surface area (Å²) in [7, 11) is 0. The molecular weight excluding hydrogens is 217 g/mol. The summed E-state index contributed by atoms with van der Waals surface area (Å²) in [6.07, 6.45) is 6.95. The maximum Gasteiger partial charge on any atom is 0.225 e. The van der Waals surface area contributed by atoms with Gasteiger partial charge in [0, 0.05) is 0 Å². The number of benzene rings is 1. The van der Waals surface area contributed by atoms with E-state index in [1.54, 1.807) is 18.2 Å². The van der Waals surface area contributed by atoms with Crippen molar-refractivity contribution in [2.24, 2.45) is 0 Å². The van der Waals surface area contributed by atoms with Gasteiger partial charge in [-0.2, -0.15) is 0 Å². The van der Waals surface area contributed by atoms with Crippen LogP contribution in [-0.4, -0.2) is 11.9 Å². The molecule has 1 aromatic rings. The fraction of sp³-hybridized carbons (Fsp3) is 0.357. The first kappa shape index (κ1) is 13.2. The molecule has 0 spiro atoms. The number of terminal acetylenes is 1. The van der Waals surface area contributed by atoms with Crippen molar-refractivity contribution in [3.8, 4) is 12.3 Å². The molecule has 90 valence electrons. The summed E-state index contributed by atoms with van der Waals surface area (Å²) in [4.78, 5) is 11.6. The molecule has 0 heterocycles. The number of nitrogens with one attached hydrogen (secondary N) is 1. The average Bonchev–Trinajstić information content (AvgIpc) is 2.31. The fourth-order valence-electron chi connectivity index (χ4n) is 1.55. The van der Waals surface area contributed by atoms with Crippen LogP contribution in [0.5, 0.6) is 0 Å². The van der Waals surface area contributed by atoms with Gasteiger partial charge in [-0.05, 0) is 18.1 Å². The van der Waals surface area contributed by atoms with Crippen LogP contribution in [0, 0.1) is 18.2 Å². The lowest BCUT2D eigenvalue weighted by Crippen LogP contribution is -2.34. The fourth-order valence-corrected chi connectivity index (χ4v) is 1.55. The normalized spacial score (nSPS) is 11.6. The van der Waals surface area contributed by atoms with Crippen LogP contribution in [0.2, 0.25) is 0 Å². The molecule has 2 nitrogen and oxygen atoms in total. The zero-order valence-corrected chi connectivity index (χ0v) is 9.87. The summed E-state index contributed by atoms with van der Waals surface area (Å²) in [5.41, 5.74) is 0.386. The van der Waals surface area contributed by atoms with Gasteiger partial charge in [-0.1, -0.05) is 37.5 Å². The predicted octanol–water partition coefficient (Wildman–Crippen LogP) is 2.29. The van der Waals surface area contributed by atoms with Crippen molar-refractivity contribution >= 4 is 5.91 Å². The lowest BCUT2D eigenvalue weighted by Gasteiger charge is -2.12. The topological polar surface area (TPSA) is 29.1 Å². The van der Waals surface area contributed by atoms with Gasteiger partial charge in [-0.3, -0.25) is 4.79 Å². The smallest absolute Gasteiger partial charge is 0.225 e. The molecule has 0 bridgehead atoms. The van der Waals surface area contributed by atoms with Gasteiger partial charge in [0.2, 0.25) is 5.91 Å². The Kier molecular flexibility index (Phi) is 5.22. The van der Waals surface area contributed by atoms with Crippen molar-refractivity contribution in [1.82, 2.24) is 5.32 Å². The molecule has 1 amide bonds. The summed E-state index contributed by atoms with van der Waals surface area (Å²) in [5, 5.41) is 2.70. The van der Waals surface area contributed by atoms with Gasteiger partial charge in [0.1, 0.15) is 5.82 Å². The maximum absolute atomic E-state index is 13.3. The summed E-state index contributed by atoms with van der Waals surface area (Å²) < 4.78 is 13.3. The molecule has 1 N–H and O–H groups in total. The second kappa shape index (κ2) is 6.70. The molecule has 1 unspecified atom stereocenters. The standard InChI is InChI=1S/C14H16FNO/c1-3-7-12(4-2)16-14(17)10-11-8-5-6-9-13(11)15/h2,5-6,8-9,12H,3,7,10H2,1H3,(H,16,17). The molecule has 1 aromatic carbocycles. The zero-order chi connectivity index (χ0) is 12.7. The van der Waals surface area contributed by atoms with Gasteiger partial charge in [0.05, 0.1) is 12.5 Å². The number of amides is 1. The van der Waals surface area contributed by atoms with E-state index in [4.69, 9.17) is 6.42 Å². The number of rotatable bonds is 5. The molecule has 0 aliphatic rings. The highest BCUT2D eigenvalue weighted by Crippen LogP contribution is 2.07. The Morgan fingerprint density at radius 1 is 1.53 bits per heavy atom. The van der Waals surface area contributed by atoms with Gasteiger partial charge in [0.25, 0.3) is 0 Å². The molecule has 17 heavy (non-hydrogen) atoms. The third-order valence-electron chi connectivity index (χ3n) is 2.42. The van der Waals surface area contributed by atoms with Crippen molar-refractivity contribution in [3.63, 3.8) is 0 Å². The van der Waals surface area contributed by atoms with Gasteiger partial charge >= 0.3 is 0 Å². The van der Waals surface area contributed by atoms with Gasteiger partial charge in [0.15, 0.2) is 0 Å². The average molecular weight is 233 g/mol. The van der Waals surface area contributed by atoms with Crippen molar-refractivity contribution in [1.29, 1.82) is 0 Å². The monoisotopic (exact) mass is 233 g/mol. The zero-order valence-electron chi connectivity index (χ0n) is 9.87. The van der Waals surface area contributed by atoms with Crippen LogP contribution in [0.1, 0.15) is 25.3 Å². The molecule has 3 heteroatoms. The SMILES string of the molecule is C#CC(CCC)NC(=O)Cc1ccccc1F. The van der Waals surface area contributed by atoms with E-state index in [2.05, 4.69) is 11.2 Å². The summed E-state index contributed by atoms with van der Waals surface area (Å²) in [5.74, 6) is 1.90. The van der Waals surface area contributed by atoms with Crippen LogP contribution in [-0.2, 0) is 11.2 Å². The molecule has 0 saturated heterocycles. The summed E-state index contributed by atoms with van der Waals surface area (Å²) >= 11 is 0. The molecule has 0 aromatic heterocycles. The molecule has 1 rings (SSSR count). The summed E-state index contributed by atoms with van der Waals surface area (Å²) in [6, 6.07) is 5.97. The highest BCUT2D eigenvalue weighted by Gasteiger charge is 2.11. The van der Waals surface area contributed by atoms with Crippen molar-refractivity contribution < 1.29 is 9.18 Å². The van der Waals surface area contributed by atoms with Crippen LogP contribution in [0.3, 0.4) is 0 Å². The highest BCUT2D eigenvalue weighted by molar-refractivity contribution is 5.79. The Labute approximate surface area is 101 Å². The molecule has 1 atom stereocenters. The number of hydrogen-bond donors (Lipinski definition) is 1. The molecule has 0 saturated carbocycles. The minimum absolute atomic E-state index is 0.0224. The minimum Gasteiger partial charge on any atom is -0.342 e. The maximum atomic E-state index is 13.3. The molecular formula is C14H16FNO. The Hall–Kier alpha value is -1.82. The third kappa shape index (κ3) is 4.28. The molecule has 0 aliphatic heterocycles. The molecule has 0 fully saturated rings. The number of carbonyl (C=O) groups excluding carboxylic acids is 1. The van der Waals surface area contributed by atoms with Gasteiger partial charge in [-0.25, -0.2) is 4.39 Å². The van der Waals surface area contributed by atoms with Crippen LogP contribution in [0.25, 0.3) is 0 Å². The van der Waals surface area contributed by atoms with E-state index in [1.807, 2.05) is 6.92 Å².